The summed E-state index contributed by atoms with van der Waals surface area (Å²) in [6, 6.07) is 31.9. The average molecular weight is 597 g/mol. The van der Waals surface area contributed by atoms with Crippen LogP contribution in [0.5, 0.6) is 0 Å². The molecule has 8 heteroatoms. The molecule has 1 aromatic heterocycles. The van der Waals surface area contributed by atoms with E-state index < -0.39 is 0 Å². The minimum Gasteiger partial charge on any atom is -0.349 e. The van der Waals surface area contributed by atoms with E-state index >= 15 is 0 Å². The van der Waals surface area contributed by atoms with E-state index in [2.05, 4.69) is 27.9 Å². The Morgan fingerprint density at radius 1 is 0.778 bits per heavy atom. The maximum Gasteiger partial charge on any atom is 0.255 e. The highest BCUT2D eigenvalue weighted by atomic mass is 16.2. The summed E-state index contributed by atoms with van der Waals surface area (Å²) < 4.78 is 0. The van der Waals surface area contributed by atoms with E-state index in [1.165, 1.54) is 12.8 Å². The fourth-order valence-electron chi connectivity index (χ4n) is 6.67. The quantitative estimate of drug-likeness (QED) is 0.188. The van der Waals surface area contributed by atoms with Gasteiger partial charge in [0.1, 0.15) is 0 Å². The number of nitrogens with zero attached hydrogens (tertiary/aromatic N) is 3. The molecule has 3 N–H and O–H groups in total. The molecule has 0 radical (unpaired) electrons. The van der Waals surface area contributed by atoms with Gasteiger partial charge in [0.2, 0.25) is 5.95 Å². The van der Waals surface area contributed by atoms with Crippen molar-refractivity contribution in [3.63, 3.8) is 0 Å². The number of hydrogen-bond donors (Lipinski definition) is 3. The number of aryl methyl sites for hydroxylation is 1. The summed E-state index contributed by atoms with van der Waals surface area (Å²) >= 11 is 0. The Labute approximate surface area is 262 Å². The zero-order valence-electron chi connectivity index (χ0n) is 25.5. The van der Waals surface area contributed by atoms with Crippen LogP contribution in [0.1, 0.15) is 52.0 Å². The van der Waals surface area contributed by atoms with Crippen LogP contribution in [-0.2, 0) is 0 Å². The lowest BCUT2D eigenvalue weighted by Crippen LogP contribution is -2.48. The van der Waals surface area contributed by atoms with Crippen molar-refractivity contribution in [1.29, 1.82) is 0 Å². The van der Waals surface area contributed by atoms with Gasteiger partial charge in [-0.05, 0) is 87.7 Å². The Morgan fingerprint density at radius 2 is 1.47 bits per heavy atom. The maximum atomic E-state index is 13.2. The molecule has 45 heavy (non-hydrogen) atoms. The van der Waals surface area contributed by atoms with Crippen molar-refractivity contribution < 1.29 is 9.59 Å². The van der Waals surface area contributed by atoms with E-state index in [0.29, 0.717) is 34.8 Å². The topological polar surface area (TPSA) is 99.2 Å². The zero-order chi connectivity index (χ0) is 30.9. The van der Waals surface area contributed by atoms with Gasteiger partial charge in [0, 0.05) is 51.6 Å². The van der Waals surface area contributed by atoms with Gasteiger partial charge >= 0.3 is 0 Å². The predicted octanol–water partition coefficient (Wildman–Crippen LogP) is 6.96. The lowest BCUT2D eigenvalue weighted by atomic mass is 9.97. The van der Waals surface area contributed by atoms with Gasteiger partial charge in [-0.25, -0.2) is 9.97 Å². The van der Waals surface area contributed by atoms with Crippen LogP contribution in [0.15, 0.2) is 97.1 Å². The minimum atomic E-state index is -0.248. The van der Waals surface area contributed by atoms with E-state index in [1.54, 1.807) is 18.2 Å². The number of rotatable bonds is 7. The molecule has 2 unspecified atom stereocenters. The van der Waals surface area contributed by atoms with E-state index in [4.69, 9.17) is 9.97 Å². The molecule has 0 saturated carbocycles. The molecule has 3 heterocycles. The fourth-order valence-corrected chi connectivity index (χ4v) is 6.67. The molecule has 2 aliphatic heterocycles. The highest BCUT2D eigenvalue weighted by Gasteiger charge is 2.38. The minimum absolute atomic E-state index is 0.0961. The number of amides is 2. The Morgan fingerprint density at radius 3 is 2.22 bits per heavy atom. The van der Waals surface area contributed by atoms with Gasteiger partial charge < -0.3 is 20.9 Å². The molecule has 2 atom stereocenters. The van der Waals surface area contributed by atoms with Crippen LogP contribution >= 0.6 is 0 Å². The van der Waals surface area contributed by atoms with Crippen molar-refractivity contribution in [2.45, 2.75) is 50.7 Å². The van der Waals surface area contributed by atoms with Gasteiger partial charge in [0.25, 0.3) is 11.8 Å². The Hall–Kier alpha value is -5.08. The van der Waals surface area contributed by atoms with Gasteiger partial charge in [-0.3, -0.25) is 9.59 Å². The van der Waals surface area contributed by atoms with E-state index in [1.807, 2.05) is 85.8 Å². The molecule has 2 aliphatic rings. The second kappa shape index (κ2) is 12.1. The standard InChI is InChI=1S/C37H36N6O2/c1-23-12-13-26(36(45)38-28-21-29-18-19-30(22-28)43(29)2)20-33(23)40-35(44)25-14-16-27(17-15-25)39-37-41-32-11-7-6-10-31(32)34(42-37)24-8-4-3-5-9-24/h3-17,20,28-30H,18-19,21-22H2,1-2H3,(H,38,45)(H,40,44)(H,39,41,42). The van der Waals surface area contributed by atoms with E-state index in [0.717, 1.165) is 46.3 Å². The monoisotopic (exact) mass is 596 g/mol. The number of piperidine rings is 1. The van der Waals surface area contributed by atoms with Gasteiger partial charge in [-0.1, -0.05) is 54.6 Å². The molecular weight excluding hydrogens is 560 g/mol. The van der Waals surface area contributed by atoms with Crippen LogP contribution in [0, 0.1) is 6.92 Å². The molecule has 7 rings (SSSR count). The molecule has 226 valence electrons. The number of anilines is 3. The molecule has 2 amide bonds. The SMILES string of the molecule is Cc1ccc(C(=O)NC2CC3CCC(C2)N3C)cc1NC(=O)c1ccc(Nc2nc(-c3ccccc3)c3ccccc3n2)cc1. The molecule has 8 nitrogen and oxygen atoms in total. The molecule has 0 aliphatic carbocycles. The van der Waals surface area contributed by atoms with Crippen molar-refractivity contribution in [3.05, 3.63) is 114 Å². The van der Waals surface area contributed by atoms with Crippen LogP contribution in [0.2, 0.25) is 0 Å². The normalized spacial score (nSPS) is 19.3. The first-order valence-corrected chi connectivity index (χ1v) is 15.6. The number of carbonyl (C=O) groups is 2. The van der Waals surface area contributed by atoms with Crippen molar-refractivity contribution in [2.24, 2.45) is 0 Å². The first kappa shape index (κ1) is 28.7. The average Bonchev–Trinajstić information content (AvgIpc) is 3.25. The highest BCUT2D eigenvalue weighted by molar-refractivity contribution is 6.06. The van der Waals surface area contributed by atoms with Crippen LogP contribution in [0.3, 0.4) is 0 Å². The number of para-hydroxylation sites is 1. The summed E-state index contributed by atoms with van der Waals surface area (Å²) in [6.07, 6.45) is 4.38. The summed E-state index contributed by atoms with van der Waals surface area (Å²) in [4.78, 5) is 38.4. The van der Waals surface area contributed by atoms with Crippen LogP contribution in [-0.4, -0.2) is 51.9 Å². The number of benzene rings is 4. The lowest BCUT2D eigenvalue weighted by molar-refractivity contribution is 0.0881. The first-order chi connectivity index (χ1) is 21.9. The van der Waals surface area contributed by atoms with Crippen LogP contribution in [0.4, 0.5) is 17.3 Å². The van der Waals surface area contributed by atoms with E-state index in [9.17, 15) is 9.59 Å². The third kappa shape index (κ3) is 6.01. The highest BCUT2D eigenvalue weighted by Crippen LogP contribution is 2.34. The smallest absolute Gasteiger partial charge is 0.255 e. The summed E-state index contributed by atoms with van der Waals surface area (Å²) in [6.45, 7) is 1.92. The van der Waals surface area contributed by atoms with Crippen molar-refractivity contribution in [3.8, 4) is 11.3 Å². The van der Waals surface area contributed by atoms with Crippen molar-refractivity contribution in [1.82, 2.24) is 20.2 Å². The summed E-state index contributed by atoms with van der Waals surface area (Å²) in [5, 5.41) is 10.5. The molecule has 4 aromatic carbocycles. The molecule has 2 bridgehead atoms. The third-order valence-corrected chi connectivity index (χ3v) is 9.24. The molecule has 2 fully saturated rings. The Kier molecular flexibility index (Phi) is 7.73. The number of aromatic nitrogens is 2. The maximum absolute atomic E-state index is 13.2. The van der Waals surface area contributed by atoms with Crippen molar-refractivity contribution >= 4 is 40.0 Å². The van der Waals surface area contributed by atoms with Crippen LogP contribution in [0.25, 0.3) is 22.2 Å². The van der Waals surface area contributed by atoms with Crippen LogP contribution < -0.4 is 16.0 Å². The predicted molar refractivity (Wildman–Crippen MR) is 179 cm³/mol. The van der Waals surface area contributed by atoms with Gasteiger partial charge in [0.15, 0.2) is 0 Å². The number of fused-ring (bicyclic) bond motifs is 3. The van der Waals surface area contributed by atoms with Gasteiger partial charge in [-0.15, -0.1) is 0 Å². The zero-order valence-corrected chi connectivity index (χ0v) is 25.5. The molecule has 2 saturated heterocycles. The second-order valence-electron chi connectivity index (χ2n) is 12.2. The fraction of sp³-hybridized carbons (Fsp3) is 0.243. The lowest BCUT2D eigenvalue weighted by Gasteiger charge is -2.36. The summed E-state index contributed by atoms with van der Waals surface area (Å²) in [7, 11) is 2.19. The van der Waals surface area contributed by atoms with E-state index in [-0.39, 0.29) is 17.9 Å². The second-order valence-corrected chi connectivity index (χ2v) is 12.2. The number of carbonyl (C=O) groups excluding carboxylic acids is 2. The number of nitrogens with one attached hydrogen (secondary N) is 3. The Balaban J connectivity index is 1.03. The summed E-state index contributed by atoms with van der Waals surface area (Å²) in [5.74, 6) is 0.131. The molecule has 0 spiro atoms. The third-order valence-electron chi connectivity index (χ3n) is 9.24. The Bertz CT molecular complexity index is 1860. The molecule has 5 aromatic rings. The first-order valence-electron chi connectivity index (χ1n) is 15.6. The summed E-state index contributed by atoms with van der Waals surface area (Å²) in [5.41, 5.74) is 6.02. The molecular formula is C37H36N6O2. The van der Waals surface area contributed by atoms with Gasteiger partial charge in [0.05, 0.1) is 11.2 Å². The van der Waals surface area contributed by atoms with Crippen molar-refractivity contribution in [2.75, 3.05) is 17.7 Å². The number of hydrogen-bond acceptors (Lipinski definition) is 6. The largest absolute Gasteiger partial charge is 0.349 e. The van der Waals surface area contributed by atoms with Gasteiger partial charge in [-0.2, -0.15) is 0 Å².